The molecule has 1 rings (SSSR count). The summed E-state index contributed by atoms with van der Waals surface area (Å²) in [5, 5.41) is 0. The smallest absolute Gasteiger partial charge is 0.328 e. The van der Waals surface area contributed by atoms with Gasteiger partial charge in [0.2, 0.25) is 0 Å². The van der Waals surface area contributed by atoms with Gasteiger partial charge in [0.05, 0.1) is 5.54 Å². The molecule has 1 aromatic carbocycles. The Bertz CT molecular complexity index is 400. The van der Waals surface area contributed by atoms with Gasteiger partial charge in [0.1, 0.15) is 0 Å². The largest absolute Gasteiger partial charge is 0.394 e. The molecule has 102 valence electrons. The third-order valence-electron chi connectivity index (χ3n) is 1.86. The fraction of sp³-hybridized carbons (Fsp3) is 0.333. The molecule has 6 nitrogen and oxygen atoms in total. The molecule has 8 heteroatoms. The van der Waals surface area contributed by atoms with Crippen molar-refractivity contribution in [3.63, 3.8) is 0 Å². The van der Waals surface area contributed by atoms with E-state index in [0.717, 1.165) is 5.56 Å². The van der Waals surface area contributed by atoms with E-state index in [-0.39, 0.29) is 26.6 Å². The maximum absolute atomic E-state index is 8.74. The summed E-state index contributed by atoms with van der Waals surface area (Å²) in [4.78, 5) is 0. The summed E-state index contributed by atoms with van der Waals surface area (Å²) in [5.74, 6) is 0. The van der Waals surface area contributed by atoms with E-state index in [0.29, 0.717) is 6.54 Å². The minimum Gasteiger partial charge on any atom is -0.328 e. The van der Waals surface area contributed by atoms with Crippen LogP contribution in [0.25, 0.3) is 0 Å². The van der Waals surface area contributed by atoms with Crippen LogP contribution < -0.4 is 11.5 Å². The first kappa shape index (κ1) is 19.0. The molecule has 1 atom stereocenters. The molecule has 0 aliphatic heterocycles. The molecule has 0 aliphatic rings. The van der Waals surface area contributed by atoms with Crippen LogP contribution in [0.2, 0.25) is 0 Å². The first-order valence-electron chi connectivity index (χ1n) is 4.41. The third-order valence-corrected chi connectivity index (χ3v) is 1.86. The van der Waals surface area contributed by atoms with Crippen molar-refractivity contribution >= 4 is 10.4 Å². The van der Waals surface area contributed by atoms with Crippen LogP contribution in [-0.4, -0.2) is 24.1 Å². The quantitative estimate of drug-likeness (QED) is 0.483. The summed E-state index contributed by atoms with van der Waals surface area (Å²) in [6.45, 7) is 2.40. The van der Waals surface area contributed by atoms with Crippen LogP contribution in [0.3, 0.4) is 0 Å². The molecule has 6 N–H and O–H groups in total. The maximum Gasteiger partial charge on any atom is 0.394 e. The van der Waals surface area contributed by atoms with Gasteiger partial charge in [-0.25, -0.2) is 0 Å². The minimum atomic E-state index is -4.67. The van der Waals surface area contributed by atoms with E-state index < -0.39 is 10.4 Å². The average Bonchev–Trinajstić information content (AvgIpc) is 2.17. The number of hydrogen-bond acceptors (Lipinski definition) is 4. The molecule has 0 spiro atoms. The molecule has 17 heavy (non-hydrogen) atoms. The molecular formula is C9H16N2O4PtS. The summed E-state index contributed by atoms with van der Waals surface area (Å²) in [5.41, 5.74) is 12.1. The van der Waals surface area contributed by atoms with E-state index >= 15 is 0 Å². The van der Waals surface area contributed by atoms with E-state index in [4.69, 9.17) is 29.0 Å². The molecule has 0 aromatic heterocycles. The second-order valence-corrected chi connectivity index (χ2v) is 4.33. The van der Waals surface area contributed by atoms with Crippen molar-refractivity contribution in [2.45, 2.75) is 12.5 Å². The topological polar surface area (TPSA) is 127 Å². The monoisotopic (exact) mass is 443 g/mol. The van der Waals surface area contributed by atoms with E-state index in [9.17, 15) is 0 Å². The van der Waals surface area contributed by atoms with Gasteiger partial charge < -0.3 is 11.5 Å². The first-order valence-corrected chi connectivity index (χ1v) is 5.81. The van der Waals surface area contributed by atoms with Crippen LogP contribution in [0.5, 0.6) is 0 Å². The van der Waals surface area contributed by atoms with Crippen LogP contribution >= 0.6 is 0 Å². The van der Waals surface area contributed by atoms with Crippen molar-refractivity contribution in [1.29, 1.82) is 0 Å². The van der Waals surface area contributed by atoms with Gasteiger partial charge in [-0.1, -0.05) is 30.3 Å². The predicted molar refractivity (Wildman–Crippen MR) is 61.2 cm³/mol. The Balaban J connectivity index is 0. The van der Waals surface area contributed by atoms with Crippen LogP contribution in [0, 0.1) is 0 Å². The Morgan fingerprint density at radius 3 is 1.88 bits per heavy atom. The summed E-state index contributed by atoms with van der Waals surface area (Å²) in [7, 11) is -4.67. The van der Waals surface area contributed by atoms with Gasteiger partial charge >= 0.3 is 10.4 Å². The van der Waals surface area contributed by atoms with Crippen molar-refractivity contribution in [3.05, 3.63) is 35.9 Å². The van der Waals surface area contributed by atoms with Crippen LogP contribution in [0.1, 0.15) is 12.5 Å². The number of rotatable bonds is 2. The third kappa shape index (κ3) is 10.6. The zero-order valence-corrected chi connectivity index (χ0v) is 12.3. The van der Waals surface area contributed by atoms with Gasteiger partial charge in [-0.2, -0.15) is 8.42 Å². The zero-order chi connectivity index (χ0) is 12.8. The second-order valence-electron chi connectivity index (χ2n) is 3.44. The summed E-state index contributed by atoms with van der Waals surface area (Å²) in [6.07, 6.45) is 0. The number of hydrogen-bond donors (Lipinski definition) is 4. The van der Waals surface area contributed by atoms with Gasteiger partial charge in [0.25, 0.3) is 0 Å². The Hall–Kier alpha value is -0.302. The maximum atomic E-state index is 8.74. The summed E-state index contributed by atoms with van der Waals surface area (Å²) < 4.78 is 31.6. The Morgan fingerprint density at radius 2 is 1.59 bits per heavy atom. The van der Waals surface area contributed by atoms with Crippen molar-refractivity contribution in [2.24, 2.45) is 11.5 Å². The van der Waals surface area contributed by atoms with Gasteiger partial charge in [0, 0.05) is 27.6 Å². The molecule has 0 saturated carbocycles. The fourth-order valence-electron chi connectivity index (χ4n) is 0.937. The van der Waals surface area contributed by atoms with Crippen LogP contribution in [0.15, 0.2) is 30.3 Å². The fourth-order valence-corrected chi connectivity index (χ4v) is 0.937. The molecule has 0 saturated heterocycles. The predicted octanol–water partition coefficient (Wildman–Crippen LogP) is 0.164. The molecule has 0 heterocycles. The summed E-state index contributed by atoms with van der Waals surface area (Å²) >= 11 is 0. The van der Waals surface area contributed by atoms with Crippen LogP contribution in [0.4, 0.5) is 0 Å². The van der Waals surface area contributed by atoms with Gasteiger partial charge in [-0.3, -0.25) is 9.11 Å². The Morgan fingerprint density at radius 1 is 1.24 bits per heavy atom. The molecular weight excluding hydrogens is 427 g/mol. The van der Waals surface area contributed by atoms with Crippen molar-refractivity contribution in [3.8, 4) is 0 Å². The molecule has 1 unspecified atom stereocenters. The van der Waals surface area contributed by atoms with E-state index in [1.807, 2.05) is 37.3 Å². The van der Waals surface area contributed by atoms with E-state index in [2.05, 4.69) is 0 Å². The van der Waals surface area contributed by atoms with Crippen molar-refractivity contribution < 1.29 is 38.6 Å². The number of benzene rings is 1. The average molecular weight is 443 g/mol. The molecule has 0 fully saturated rings. The second kappa shape index (κ2) is 7.92. The van der Waals surface area contributed by atoms with Crippen LogP contribution in [-0.2, 0) is 37.0 Å². The normalized spacial score (nSPS) is 13.7. The molecule has 0 bridgehead atoms. The SMILES string of the molecule is CC(N)(CN)c1ccccc1.O=S(=O)(O)O.[Pt]. The molecule has 0 amide bonds. The summed E-state index contributed by atoms with van der Waals surface area (Å²) in [6, 6.07) is 9.89. The number of nitrogens with two attached hydrogens (primary N) is 2. The van der Waals surface area contributed by atoms with Crippen molar-refractivity contribution in [1.82, 2.24) is 0 Å². The Labute approximate surface area is 115 Å². The first-order chi connectivity index (χ1) is 7.17. The standard InChI is InChI=1S/C9H14N2.H2O4S.Pt/c1-9(11,7-10)8-5-3-2-4-6-8;1-5(2,3)4;/h2-6H,7,10-11H2,1H3;(H2,1,2,3,4);. The van der Waals surface area contributed by atoms with Gasteiger partial charge in [0.15, 0.2) is 0 Å². The zero-order valence-electron chi connectivity index (χ0n) is 9.18. The molecule has 0 aliphatic carbocycles. The van der Waals surface area contributed by atoms with Gasteiger partial charge in [-0.15, -0.1) is 0 Å². The minimum absolute atomic E-state index is 0. The van der Waals surface area contributed by atoms with E-state index in [1.54, 1.807) is 0 Å². The van der Waals surface area contributed by atoms with Crippen molar-refractivity contribution in [2.75, 3.05) is 6.54 Å². The Kier molecular flexibility index (Phi) is 8.87. The molecule has 0 radical (unpaired) electrons. The van der Waals surface area contributed by atoms with E-state index in [1.165, 1.54) is 0 Å². The molecule has 1 aromatic rings. The van der Waals surface area contributed by atoms with Gasteiger partial charge in [-0.05, 0) is 12.5 Å².